The second kappa shape index (κ2) is 10.2. The van der Waals surface area contributed by atoms with Crippen LogP contribution in [0.5, 0.6) is 0 Å². The Morgan fingerprint density at radius 3 is 2.40 bits per heavy atom. The molecule has 2 N–H and O–H groups in total. The Labute approximate surface area is 186 Å². The van der Waals surface area contributed by atoms with Crippen LogP contribution in [-0.4, -0.2) is 40.8 Å². The van der Waals surface area contributed by atoms with Crippen LogP contribution in [-0.2, 0) is 9.59 Å². The van der Waals surface area contributed by atoms with Crippen molar-refractivity contribution < 1.29 is 9.59 Å². The molecule has 2 amide bonds. The van der Waals surface area contributed by atoms with Crippen molar-refractivity contribution in [3.8, 4) is 0 Å². The van der Waals surface area contributed by atoms with E-state index in [-0.39, 0.29) is 23.8 Å². The molecule has 0 saturated carbocycles. The highest BCUT2D eigenvalue weighted by atomic mass is 79.9. The van der Waals surface area contributed by atoms with Crippen molar-refractivity contribution in [3.63, 3.8) is 0 Å². The Kier molecular flexibility index (Phi) is 7.61. The van der Waals surface area contributed by atoms with Crippen LogP contribution < -0.4 is 10.6 Å². The molecular weight excluding hydrogens is 444 g/mol. The zero-order chi connectivity index (χ0) is 21.7. The number of likely N-dealkylation sites (tertiary alicyclic amines) is 1. The first-order valence-corrected chi connectivity index (χ1v) is 11.2. The molecule has 1 atom stereocenters. The van der Waals surface area contributed by atoms with E-state index in [1.54, 1.807) is 12.3 Å². The number of anilines is 2. The van der Waals surface area contributed by atoms with E-state index in [1.807, 2.05) is 31.2 Å². The van der Waals surface area contributed by atoms with E-state index in [9.17, 15) is 9.59 Å². The van der Waals surface area contributed by atoms with Crippen LogP contribution in [0.2, 0.25) is 0 Å². The first-order chi connectivity index (χ1) is 14.3. The van der Waals surface area contributed by atoms with Crippen LogP contribution in [0.4, 0.5) is 11.5 Å². The van der Waals surface area contributed by atoms with Crippen LogP contribution >= 0.6 is 15.9 Å². The average Bonchev–Trinajstić information content (AvgIpc) is 2.75. The summed E-state index contributed by atoms with van der Waals surface area (Å²) < 4.78 is 0.872. The van der Waals surface area contributed by atoms with Gasteiger partial charge in [0.15, 0.2) is 0 Å². The van der Waals surface area contributed by atoms with Gasteiger partial charge in [0.1, 0.15) is 5.82 Å². The van der Waals surface area contributed by atoms with Gasteiger partial charge in [0, 0.05) is 22.3 Å². The van der Waals surface area contributed by atoms with Crippen molar-refractivity contribution in [1.29, 1.82) is 0 Å². The summed E-state index contributed by atoms with van der Waals surface area (Å²) >= 11 is 3.34. The maximum atomic E-state index is 12.8. The van der Waals surface area contributed by atoms with E-state index in [2.05, 4.69) is 56.4 Å². The second-order valence-corrected chi connectivity index (χ2v) is 8.98. The highest BCUT2D eigenvalue weighted by Crippen LogP contribution is 2.25. The SMILES string of the molecule is CC(C)c1ccccc1NC(=O)[C@H](C)N1CCC(C(=O)Nc2ccc(Br)cn2)CC1. The number of aromatic nitrogens is 1. The molecule has 7 heteroatoms. The molecule has 1 fully saturated rings. The molecule has 1 aromatic heterocycles. The molecule has 160 valence electrons. The quantitative estimate of drug-likeness (QED) is 0.641. The second-order valence-electron chi connectivity index (χ2n) is 8.07. The van der Waals surface area contributed by atoms with Gasteiger partial charge in [-0.1, -0.05) is 32.0 Å². The molecule has 0 bridgehead atoms. The number of halogens is 1. The Morgan fingerprint density at radius 1 is 1.07 bits per heavy atom. The molecule has 2 heterocycles. The minimum atomic E-state index is -0.248. The van der Waals surface area contributed by atoms with Crippen molar-refractivity contribution in [3.05, 3.63) is 52.6 Å². The molecule has 0 spiro atoms. The number of nitrogens with zero attached hydrogens (tertiary/aromatic N) is 2. The van der Waals surface area contributed by atoms with Gasteiger partial charge in [-0.2, -0.15) is 0 Å². The van der Waals surface area contributed by atoms with Crippen molar-refractivity contribution in [1.82, 2.24) is 9.88 Å². The highest BCUT2D eigenvalue weighted by Gasteiger charge is 2.30. The number of para-hydroxylation sites is 1. The number of hydrogen-bond donors (Lipinski definition) is 2. The van der Waals surface area contributed by atoms with Crippen molar-refractivity contribution in [2.75, 3.05) is 23.7 Å². The molecular formula is C23H29BrN4O2. The van der Waals surface area contributed by atoms with Gasteiger partial charge in [-0.25, -0.2) is 4.98 Å². The Bertz CT molecular complexity index is 877. The fourth-order valence-electron chi connectivity index (χ4n) is 3.74. The van der Waals surface area contributed by atoms with Gasteiger partial charge in [-0.3, -0.25) is 14.5 Å². The highest BCUT2D eigenvalue weighted by molar-refractivity contribution is 9.10. The summed E-state index contributed by atoms with van der Waals surface area (Å²) in [5, 5.41) is 5.97. The molecule has 6 nitrogen and oxygen atoms in total. The Balaban J connectivity index is 1.52. The third-order valence-electron chi connectivity index (χ3n) is 5.65. The lowest BCUT2D eigenvalue weighted by Crippen LogP contribution is -2.47. The van der Waals surface area contributed by atoms with Gasteiger partial charge in [0.05, 0.1) is 6.04 Å². The van der Waals surface area contributed by atoms with Crippen LogP contribution in [0, 0.1) is 5.92 Å². The molecule has 0 unspecified atom stereocenters. The summed E-state index contributed by atoms with van der Waals surface area (Å²) in [7, 11) is 0. The van der Waals surface area contributed by atoms with E-state index in [1.165, 1.54) is 0 Å². The van der Waals surface area contributed by atoms with E-state index < -0.39 is 0 Å². The number of hydrogen-bond acceptors (Lipinski definition) is 4. The molecule has 1 aromatic carbocycles. The van der Waals surface area contributed by atoms with E-state index in [0.717, 1.165) is 28.6 Å². The van der Waals surface area contributed by atoms with Crippen molar-refractivity contribution >= 4 is 39.2 Å². The number of carbonyl (C=O) groups excluding carboxylic acids is 2. The lowest BCUT2D eigenvalue weighted by Gasteiger charge is -2.34. The normalized spacial score (nSPS) is 16.3. The molecule has 0 radical (unpaired) electrons. The van der Waals surface area contributed by atoms with Gasteiger partial charge < -0.3 is 10.6 Å². The zero-order valence-corrected chi connectivity index (χ0v) is 19.3. The maximum absolute atomic E-state index is 12.8. The Morgan fingerprint density at radius 2 is 1.77 bits per heavy atom. The zero-order valence-electron chi connectivity index (χ0n) is 17.7. The number of piperidine rings is 1. The topological polar surface area (TPSA) is 74.3 Å². The summed E-state index contributed by atoms with van der Waals surface area (Å²) in [6, 6.07) is 11.3. The third-order valence-corrected chi connectivity index (χ3v) is 6.12. The van der Waals surface area contributed by atoms with Crippen molar-refractivity contribution in [2.24, 2.45) is 5.92 Å². The predicted octanol–water partition coefficient (Wildman–Crippen LogP) is 4.65. The lowest BCUT2D eigenvalue weighted by molar-refractivity contribution is -0.123. The van der Waals surface area contributed by atoms with Crippen LogP contribution in [0.1, 0.15) is 45.1 Å². The largest absolute Gasteiger partial charge is 0.324 e. The summed E-state index contributed by atoms with van der Waals surface area (Å²) in [5.74, 6) is 0.814. The summed E-state index contributed by atoms with van der Waals surface area (Å²) in [6.07, 6.45) is 3.11. The standard InChI is InChI=1S/C23H29BrN4O2/c1-15(2)19-6-4-5-7-20(19)26-22(29)16(3)28-12-10-17(11-13-28)23(30)27-21-9-8-18(24)14-25-21/h4-9,14-17H,10-13H2,1-3H3,(H,26,29)(H,25,27,30)/t16-/m0/s1. The van der Waals surface area contributed by atoms with Gasteiger partial charge in [0.2, 0.25) is 11.8 Å². The summed E-state index contributed by atoms with van der Waals surface area (Å²) in [5.41, 5.74) is 2.01. The summed E-state index contributed by atoms with van der Waals surface area (Å²) in [6.45, 7) is 7.60. The fourth-order valence-corrected chi connectivity index (χ4v) is 3.98. The summed E-state index contributed by atoms with van der Waals surface area (Å²) in [4.78, 5) is 31.7. The third kappa shape index (κ3) is 5.67. The molecule has 3 rings (SSSR count). The van der Waals surface area contributed by atoms with Crippen LogP contribution in [0.15, 0.2) is 47.1 Å². The number of nitrogens with one attached hydrogen (secondary N) is 2. The first kappa shape index (κ1) is 22.4. The molecule has 1 aliphatic rings. The van der Waals surface area contributed by atoms with Crippen molar-refractivity contribution in [2.45, 2.75) is 45.6 Å². The molecule has 0 aliphatic carbocycles. The number of benzene rings is 1. The minimum absolute atomic E-state index is 0.00700. The van der Waals surface area contributed by atoms with Gasteiger partial charge in [-0.15, -0.1) is 0 Å². The van der Waals surface area contributed by atoms with E-state index in [4.69, 9.17) is 0 Å². The molecule has 2 aromatic rings. The molecule has 1 saturated heterocycles. The molecule has 30 heavy (non-hydrogen) atoms. The number of carbonyl (C=O) groups is 2. The number of pyridine rings is 1. The minimum Gasteiger partial charge on any atom is -0.324 e. The van der Waals surface area contributed by atoms with Gasteiger partial charge in [-0.05, 0) is 78.5 Å². The maximum Gasteiger partial charge on any atom is 0.241 e. The molecule has 1 aliphatic heterocycles. The van der Waals surface area contributed by atoms with E-state index >= 15 is 0 Å². The van der Waals surface area contributed by atoms with Gasteiger partial charge in [0.25, 0.3) is 0 Å². The lowest BCUT2D eigenvalue weighted by atomic mass is 9.94. The first-order valence-electron chi connectivity index (χ1n) is 10.4. The Hall–Kier alpha value is -2.25. The van der Waals surface area contributed by atoms with Crippen LogP contribution in [0.3, 0.4) is 0 Å². The number of amides is 2. The monoisotopic (exact) mass is 472 g/mol. The average molecular weight is 473 g/mol. The fraction of sp³-hybridized carbons (Fsp3) is 0.435. The van der Waals surface area contributed by atoms with Gasteiger partial charge >= 0.3 is 0 Å². The predicted molar refractivity (Wildman–Crippen MR) is 123 cm³/mol. The van der Waals surface area contributed by atoms with E-state index in [0.29, 0.717) is 24.8 Å². The van der Waals surface area contributed by atoms with Crippen LogP contribution in [0.25, 0.3) is 0 Å². The smallest absolute Gasteiger partial charge is 0.241 e. The number of rotatable bonds is 6.